The average Bonchev–Trinajstić information content (AvgIpc) is 2.81. The standard InChI is InChI=1S/C13H14N2O2S/c1-8-3-4-10(13(16)17)11(7-8)15-9(2)12-14-5-6-18-12/h3-7,9,15H,1-2H3,(H,16,17). The number of anilines is 1. The molecule has 0 aliphatic rings. The van der Waals surface area contributed by atoms with Crippen LogP contribution in [0.4, 0.5) is 5.69 Å². The van der Waals surface area contributed by atoms with Crippen LogP contribution in [0.3, 0.4) is 0 Å². The Balaban J connectivity index is 2.28. The Labute approximate surface area is 109 Å². The minimum Gasteiger partial charge on any atom is -0.478 e. The topological polar surface area (TPSA) is 62.2 Å². The van der Waals surface area contributed by atoms with Gasteiger partial charge in [-0.25, -0.2) is 9.78 Å². The maximum absolute atomic E-state index is 11.1. The van der Waals surface area contributed by atoms with Crippen molar-refractivity contribution in [3.05, 3.63) is 45.9 Å². The van der Waals surface area contributed by atoms with Gasteiger partial charge in [-0.15, -0.1) is 11.3 Å². The van der Waals surface area contributed by atoms with E-state index in [1.807, 2.05) is 25.3 Å². The van der Waals surface area contributed by atoms with E-state index >= 15 is 0 Å². The van der Waals surface area contributed by atoms with Crippen molar-refractivity contribution in [3.8, 4) is 0 Å². The Bertz CT molecular complexity index is 552. The number of benzene rings is 1. The van der Waals surface area contributed by atoms with Crippen LogP contribution in [-0.2, 0) is 0 Å². The van der Waals surface area contributed by atoms with Crippen molar-refractivity contribution >= 4 is 23.0 Å². The summed E-state index contributed by atoms with van der Waals surface area (Å²) in [6, 6.07) is 5.25. The van der Waals surface area contributed by atoms with Gasteiger partial charge in [0.25, 0.3) is 0 Å². The molecule has 1 unspecified atom stereocenters. The number of hydrogen-bond donors (Lipinski definition) is 2. The SMILES string of the molecule is Cc1ccc(C(=O)O)c(NC(C)c2nccs2)c1. The van der Waals surface area contributed by atoms with Crippen molar-refractivity contribution in [1.29, 1.82) is 0 Å². The molecule has 1 aromatic heterocycles. The molecule has 4 nitrogen and oxygen atoms in total. The molecule has 0 spiro atoms. The van der Waals surface area contributed by atoms with E-state index in [-0.39, 0.29) is 11.6 Å². The molecule has 1 atom stereocenters. The highest BCUT2D eigenvalue weighted by atomic mass is 32.1. The Kier molecular flexibility index (Phi) is 3.62. The second-order valence-electron chi connectivity index (χ2n) is 4.09. The second kappa shape index (κ2) is 5.18. The van der Waals surface area contributed by atoms with Crippen molar-refractivity contribution in [2.75, 3.05) is 5.32 Å². The number of carbonyl (C=O) groups is 1. The molecule has 2 N–H and O–H groups in total. The second-order valence-corrected chi connectivity index (χ2v) is 5.02. The molecule has 94 valence electrons. The normalized spacial score (nSPS) is 12.1. The first-order valence-corrected chi connectivity index (χ1v) is 6.46. The number of aromatic carboxylic acids is 1. The Morgan fingerprint density at radius 2 is 2.28 bits per heavy atom. The average molecular weight is 262 g/mol. The van der Waals surface area contributed by atoms with E-state index in [9.17, 15) is 4.79 Å². The molecule has 0 radical (unpaired) electrons. The summed E-state index contributed by atoms with van der Waals surface area (Å²) in [5.41, 5.74) is 1.93. The molecule has 0 aliphatic heterocycles. The number of carboxylic acids is 1. The fourth-order valence-corrected chi connectivity index (χ4v) is 2.35. The molecule has 0 bridgehead atoms. The zero-order chi connectivity index (χ0) is 13.1. The Hall–Kier alpha value is -1.88. The Morgan fingerprint density at radius 3 is 2.89 bits per heavy atom. The minimum atomic E-state index is -0.927. The summed E-state index contributed by atoms with van der Waals surface area (Å²) in [6.45, 7) is 3.90. The monoisotopic (exact) mass is 262 g/mol. The van der Waals surface area contributed by atoms with Gasteiger partial charge in [0.05, 0.1) is 11.6 Å². The lowest BCUT2D eigenvalue weighted by Crippen LogP contribution is -2.10. The van der Waals surface area contributed by atoms with E-state index in [2.05, 4.69) is 10.3 Å². The third kappa shape index (κ3) is 2.68. The maximum atomic E-state index is 11.1. The lowest BCUT2D eigenvalue weighted by Gasteiger charge is -2.15. The van der Waals surface area contributed by atoms with Crippen molar-refractivity contribution in [1.82, 2.24) is 4.98 Å². The van der Waals surface area contributed by atoms with Gasteiger partial charge in [0.2, 0.25) is 0 Å². The minimum absolute atomic E-state index is 0.00935. The van der Waals surface area contributed by atoms with Crippen molar-refractivity contribution < 1.29 is 9.90 Å². The van der Waals surface area contributed by atoms with E-state index < -0.39 is 5.97 Å². The molecule has 18 heavy (non-hydrogen) atoms. The highest BCUT2D eigenvalue weighted by Crippen LogP contribution is 2.24. The van der Waals surface area contributed by atoms with Crippen LogP contribution in [0.2, 0.25) is 0 Å². The summed E-state index contributed by atoms with van der Waals surface area (Å²) < 4.78 is 0. The van der Waals surface area contributed by atoms with Gasteiger partial charge < -0.3 is 10.4 Å². The highest BCUT2D eigenvalue weighted by molar-refractivity contribution is 7.09. The molecule has 2 rings (SSSR count). The quantitative estimate of drug-likeness (QED) is 0.887. The van der Waals surface area contributed by atoms with Crippen LogP contribution >= 0.6 is 11.3 Å². The number of rotatable bonds is 4. The fraction of sp³-hybridized carbons (Fsp3) is 0.231. The summed E-state index contributed by atoms with van der Waals surface area (Å²) >= 11 is 1.55. The smallest absolute Gasteiger partial charge is 0.337 e. The summed E-state index contributed by atoms with van der Waals surface area (Å²) in [5.74, 6) is -0.927. The van der Waals surface area contributed by atoms with Crippen LogP contribution in [0.15, 0.2) is 29.8 Å². The van der Waals surface area contributed by atoms with Gasteiger partial charge in [-0.3, -0.25) is 0 Å². The largest absolute Gasteiger partial charge is 0.478 e. The number of thiazole rings is 1. The van der Waals surface area contributed by atoms with Gasteiger partial charge in [-0.1, -0.05) is 6.07 Å². The van der Waals surface area contributed by atoms with Crippen LogP contribution in [0.5, 0.6) is 0 Å². The first-order valence-electron chi connectivity index (χ1n) is 5.58. The number of carboxylic acid groups (broad SMARTS) is 1. The third-order valence-electron chi connectivity index (χ3n) is 2.60. The van der Waals surface area contributed by atoms with Gasteiger partial charge in [0.15, 0.2) is 0 Å². The number of aryl methyl sites for hydroxylation is 1. The van der Waals surface area contributed by atoms with E-state index in [4.69, 9.17) is 5.11 Å². The third-order valence-corrected chi connectivity index (χ3v) is 3.56. The summed E-state index contributed by atoms with van der Waals surface area (Å²) in [7, 11) is 0. The molecule has 0 aliphatic carbocycles. The van der Waals surface area contributed by atoms with Gasteiger partial charge in [0.1, 0.15) is 5.01 Å². The maximum Gasteiger partial charge on any atom is 0.337 e. The van der Waals surface area contributed by atoms with Crippen LogP contribution in [0.1, 0.15) is 33.9 Å². The van der Waals surface area contributed by atoms with Gasteiger partial charge in [0, 0.05) is 17.3 Å². The van der Waals surface area contributed by atoms with Crippen LogP contribution < -0.4 is 5.32 Å². The molecule has 0 amide bonds. The number of hydrogen-bond acceptors (Lipinski definition) is 4. The van der Waals surface area contributed by atoms with Gasteiger partial charge in [-0.05, 0) is 31.5 Å². The molecular formula is C13H14N2O2S. The number of aromatic nitrogens is 1. The molecule has 0 saturated carbocycles. The lowest BCUT2D eigenvalue weighted by molar-refractivity contribution is 0.0698. The fourth-order valence-electron chi connectivity index (χ4n) is 1.71. The summed E-state index contributed by atoms with van der Waals surface area (Å²) in [4.78, 5) is 15.4. The molecule has 0 fully saturated rings. The van der Waals surface area contributed by atoms with Gasteiger partial charge >= 0.3 is 5.97 Å². The highest BCUT2D eigenvalue weighted by Gasteiger charge is 2.14. The van der Waals surface area contributed by atoms with E-state index in [0.717, 1.165) is 10.6 Å². The molecule has 5 heteroatoms. The molecule has 0 saturated heterocycles. The zero-order valence-electron chi connectivity index (χ0n) is 10.2. The van der Waals surface area contributed by atoms with Crippen molar-refractivity contribution in [2.24, 2.45) is 0 Å². The number of nitrogens with one attached hydrogen (secondary N) is 1. The van der Waals surface area contributed by atoms with E-state index in [1.165, 1.54) is 0 Å². The lowest BCUT2D eigenvalue weighted by atomic mass is 10.1. The molecule has 1 aromatic carbocycles. The Morgan fingerprint density at radius 1 is 1.50 bits per heavy atom. The first-order chi connectivity index (χ1) is 8.58. The van der Waals surface area contributed by atoms with Crippen molar-refractivity contribution in [2.45, 2.75) is 19.9 Å². The van der Waals surface area contributed by atoms with Gasteiger partial charge in [-0.2, -0.15) is 0 Å². The molecule has 1 heterocycles. The van der Waals surface area contributed by atoms with E-state index in [1.54, 1.807) is 29.7 Å². The first kappa shape index (κ1) is 12.6. The summed E-state index contributed by atoms with van der Waals surface area (Å²) in [5, 5.41) is 15.2. The number of nitrogens with zero attached hydrogens (tertiary/aromatic N) is 1. The summed E-state index contributed by atoms with van der Waals surface area (Å²) in [6.07, 6.45) is 1.74. The molecule has 2 aromatic rings. The zero-order valence-corrected chi connectivity index (χ0v) is 11.0. The van der Waals surface area contributed by atoms with Crippen LogP contribution in [0.25, 0.3) is 0 Å². The molecular weight excluding hydrogens is 248 g/mol. The van der Waals surface area contributed by atoms with Crippen LogP contribution in [0, 0.1) is 6.92 Å². The van der Waals surface area contributed by atoms with Crippen LogP contribution in [-0.4, -0.2) is 16.1 Å². The van der Waals surface area contributed by atoms with Crippen molar-refractivity contribution in [3.63, 3.8) is 0 Å². The predicted octanol–water partition coefficient (Wildman–Crippen LogP) is 3.32. The predicted molar refractivity (Wildman–Crippen MR) is 72.3 cm³/mol. The van der Waals surface area contributed by atoms with E-state index in [0.29, 0.717) is 5.69 Å².